The van der Waals surface area contributed by atoms with E-state index in [0.29, 0.717) is 22.6 Å². The third kappa shape index (κ3) is 4.33. The number of aryl methyl sites for hydroxylation is 2. The minimum absolute atomic E-state index is 0.167. The summed E-state index contributed by atoms with van der Waals surface area (Å²) in [5.74, 6) is -0.249. The number of benzene rings is 1. The average molecular weight is 405 g/mol. The van der Waals surface area contributed by atoms with Crippen molar-refractivity contribution in [2.75, 3.05) is 5.32 Å². The van der Waals surface area contributed by atoms with Crippen LogP contribution in [0.2, 0.25) is 0 Å². The Morgan fingerprint density at radius 1 is 1.21 bits per heavy atom. The molecule has 6 nitrogen and oxygen atoms in total. The van der Waals surface area contributed by atoms with Gasteiger partial charge in [0.2, 0.25) is 5.91 Å². The molecule has 1 aromatic carbocycles. The molecule has 9 heteroatoms. The number of alkyl halides is 3. The predicted octanol–water partition coefficient (Wildman–Crippen LogP) is 4.27. The van der Waals surface area contributed by atoms with Gasteiger partial charge in [-0.2, -0.15) is 23.4 Å². The number of aromatic nitrogens is 4. The fourth-order valence-corrected chi connectivity index (χ4v) is 3.18. The summed E-state index contributed by atoms with van der Waals surface area (Å²) in [5, 5.41) is 11.4. The van der Waals surface area contributed by atoms with E-state index in [0.717, 1.165) is 17.8 Å². The Labute approximate surface area is 166 Å². The molecule has 0 aliphatic heterocycles. The molecular weight excluding hydrogens is 383 g/mol. The first-order valence-electron chi connectivity index (χ1n) is 9.09. The summed E-state index contributed by atoms with van der Waals surface area (Å²) in [6.07, 6.45) is -2.77. The zero-order chi connectivity index (χ0) is 21.3. The Kier molecular flexibility index (Phi) is 5.50. The molecule has 0 radical (unpaired) electrons. The standard InChI is InChI=1S/C20H22F3N5O/c1-12-8-9-24-28(12)15(4)19(29)25-18-13(2)26-27(14(18)3)11-16-6-5-7-17(10-16)20(21,22)23/h5-10,15H,11H2,1-4H3,(H,25,29). The molecule has 1 unspecified atom stereocenters. The van der Waals surface area contributed by atoms with Crippen molar-refractivity contribution in [1.29, 1.82) is 0 Å². The van der Waals surface area contributed by atoms with Gasteiger partial charge in [-0.25, -0.2) is 0 Å². The monoisotopic (exact) mass is 405 g/mol. The first-order chi connectivity index (χ1) is 13.6. The van der Waals surface area contributed by atoms with E-state index in [1.807, 2.05) is 13.0 Å². The van der Waals surface area contributed by atoms with Crippen LogP contribution in [0.15, 0.2) is 36.5 Å². The summed E-state index contributed by atoms with van der Waals surface area (Å²) >= 11 is 0. The molecule has 29 heavy (non-hydrogen) atoms. The summed E-state index contributed by atoms with van der Waals surface area (Å²) < 4.78 is 42.0. The Morgan fingerprint density at radius 3 is 2.55 bits per heavy atom. The van der Waals surface area contributed by atoms with Crippen LogP contribution in [-0.2, 0) is 17.5 Å². The van der Waals surface area contributed by atoms with E-state index in [-0.39, 0.29) is 12.5 Å². The van der Waals surface area contributed by atoms with Gasteiger partial charge in [0, 0.05) is 11.9 Å². The third-order valence-electron chi connectivity index (χ3n) is 4.83. The van der Waals surface area contributed by atoms with E-state index in [9.17, 15) is 18.0 Å². The maximum atomic E-state index is 12.9. The van der Waals surface area contributed by atoms with E-state index < -0.39 is 17.8 Å². The van der Waals surface area contributed by atoms with Gasteiger partial charge in [0.1, 0.15) is 6.04 Å². The number of anilines is 1. The zero-order valence-electron chi connectivity index (χ0n) is 16.6. The van der Waals surface area contributed by atoms with Gasteiger partial charge in [-0.3, -0.25) is 14.2 Å². The molecule has 1 amide bonds. The van der Waals surface area contributed by atoms with Gasteiger partial charge >= 0.3 is 6.18 Å². The van der Waals surface area contributed by atoms with Crippen LogP contribution in [0.1, 0.15) is 41.2 Å². The van der Waals surface area contributed by atoms with Crippen LogP contribution in [0, 0.1) is 20.8 Å². The SMILES string of the molecule is Cc1nn(Cc2cccc(C(F)(F)F)c2)c(C)c1NC(=O)C(C)n1nccc1C. The van der Waals surface area contributed by atoms with Crippen LogP contribution < -0.4 is 5.32 Å². The fraction of sp³-hybridized carbons (Fsp3) is 0.350. The first-order valence-corrected chi connectivity index (χ1v) is 9.09. The second-order valence-electron chi connectivity index (χ2n) is 6.98. The van der Waals surface area contributed by atoms with Crippen LogP contribution in [0.25, 0.3) is 0 Å². The molecule has 0 saturated carbocycles. The topological polar surface area (TPSA) is 64.7 Å². The van der Waals surface area contributed by atoms with Crippen molar-refractivity contribution >= 4 is 11.6 Å². The number of halogens is 3. The normalized spacial score (nSPS) is 12.8. The van der Waals surface area contributed by atoms with E-state index in [1.54, 1.807) is 42.4 Å². The molecule has 0 saturated heterocycles. The van der Waals surface area contributed by atoms with Crippen LogP contribution >= 0.6 is 0 Å². The molecule has 0 aliphatic rings. The number of hydrogen-bond acceptors (Lipinski definition) is 3. The summed E-state index contributed by atoms with van der Waals surface area (Å²) in [6.45, 7) is 7.29. The number of amides is 1. The minimum atomic E-state index is -4.40. The highest BCUT2D eigenvalue weighted by molar-refractivity contribution is 5.94. The van der Waals surface area contributed by atoms with Crippen molar-refractivity contribution in [1.82, 2.24) is 19.6 Å². The van der Waals surface area contributed by atoms with Gasteiger partial charge < -0.3 is 5.32 Å². The molecule has 1 N–H and O–H groups in total. The maximum absolute atomic E-state index is 12.9. The zero-order valence-corrected chi connectivity index (χ0v) is 16.6. The van der Waals surface area contributed by atoms with Gasteiger partial charge in [0.25, 0.3) is 0 Å². The Hall–Kier alpha value is -3.10. The minimum Gasteiger partial charge on any atom is -0.321 e. The van der Waals surface area contributed by atoms with Crippen LogP contribution in [0.3, 0.4) is 0 Å². The van der Waals surface area contributed by atoms with E-state index >= 15 is 0 Å². The molecule has 0 spiro atoms. The Morgan fingerprint density at radius 2 is 1.93 bits per heavy atom. The number of nitrogens with zero attached hydrogens (tertiary/aromatic N) is 4. The van der Waals surface area contributed by atoms with E-state index in [2.05, 4.69) is 15.5 Å². The largest absolute Gasteiger partial charge is 0.416 e. The lowest BCUT2D eigenvalue weighted by Crippen LogP contribution is -2.25. The molecule has 0 aliphatic carbocycles. The molecule has 3 aromatic rings. The number of rotatable bonds is 5. The van der Waals surface area contributed by atoms with Gasteiger partial charge in [-0.15, -0.1) is 0 Å². The van der Waals surface area contributed by atoms with Crippen molar-refractivity contribution in [3.63, 3.8) is 0 Å². The molecule has 2 heterocycles. The summed E-state index contributed by atoms with van der Waals surface area (Å²) in [4.78, 5) is 12.7. The molecular formula is C20H22F3N5O. The van der Waals surface area contributed by atoms with Gasteiger partial charge in [0.05, 0.1) is 29.2 Å². The molecule has 1 atom stereocenters. The van der Waals surface area contributed by atoms with Gasteiger partial charge in [-0.05, 0) is 51.5 Å². The van der Waals surface area contributed by atoms with Crippen LogP contribution in [0.5, 0.6) is 0 Å². The van der Waals surface area contributed by atoms with E-state index in [1.165, 1.54) is 6.07 Å². The highest BCUT2D eigenvalue weighted by Gasteiger charge is 2.30. The first kappa shape index (κ1) is 20.6. The summed E-state index contributed by atoms with van der Waals surface area (Å²) in [7, 11) is 0. The molecule has 0 bridgehead atoms. The number of hydrogen-bond donors (Lipinski definition) is 1. The van der Waals surface area contributed by atoms with Crippen molar-refractivity contribution in [3.05, 3.63) is 64.7 Å². The molecule has 0 fully saturated rings. The molecule has 154 valence electrons. The Balaban J connectivity index is 1.80. The van der Waals surface area contributed by atoms with Crippen molar-refractivity contribution in [3.8, 4) is 0 Å². The lowest BCUT2D eigenvalue weighted by atomic mass is 10.1. The van der Waals surface area contributed by atoms with Gasteiger partial charge in [0.15, 0.2) is 0 Å². The number of nitrogens with one attached hydrogen (secondary N) is 1. The highest BCUT2D eigenvalue weighted by Crippen LogP contribution is 2.30. The number of carbonyl (C=O) groups is 1. The highest BCUT2D eigenvalue weighted by atomic mass is 19.4. The Bertz CT molecular complexity index is 1040. The lowest BCUT2D eigenvalue weighted by molar-refractivity contribution is -0.137. The van der Waals surface area contributed by atoms with Crippen molar-refractivity contribution in [2.45, 2.75) is 46.5 Å². The third-order valence-corrected chi connectivity index (χ3v) is 4.83. The second-order valence-corrected chi connectivity index (χ2v) is 6.98. The van der Waals surface area contributed by atoms with Crippen molar-refractivity contribution < 1.29 is 18.0 Å². The predicted molar refractivity (Wildman–Crippen MR) is 103 cm³/mol. The number of carbonyl (C=O) groups excluding carboxylic acids is 1. The van der Waals surface area contributed by atoms with Crippen molar-refractivity contribution in [2.24, 2.45) is 0 Å². The summed E-state index contributed by atoms with van der Waals surface area (Å²) in [6, 6.07) is 6.43. The second kappa shape index (κ2) is 7.73. The van der Waals surface area contributed by atoms with E-state index in [4.69, 9.17) is 0 Å². The smallest absolute Gasteiger partial charge is 0.321 e. The summed E-state index contributed by atoms with van der Waals surface area (Å²) in [5.41, 5.74) is 2.45. The maximum Gasteiger partial charge on any atom is 0.416 e. The average Bonchev–Trinajstić information content (AvgIpc) is 3.19. The molecule has 3 rings (SSSR count). The molecule has 2 aromatic heterocycles. The quantitative estimate of drug-likeness (QED) is 0.689. The fourth-order valence-electron chi connectivity index (χ4n) is 3.18. The van der Waals surface area contributed by atoms with Crippen LogP contribution in [0.4, 0.5) is 18.9 Å². The van der Waals surface area contributed by atoms with Gasteiger partial charge in [-0.1, -0.05) is 12.1 Å². The van der Waals surface area contributed by atoms with Crippen LogP contribution in [-0.4, -0.2) is 25.5 Å². The lowest BCUT2D eigenvalue weighted by Gasteiger charge is -2.15.